The third kappa shape index (κ3) is 2.74. The molecule has 0 amide bonds. The van der Waals surface area contributed by atoms with Crippen LogP contribution in [0.2, 0.25) is 0 Å². The molecule has 2 nitrogen and oxygen atoms in total. The number of aromatic amines is 1. The van der Waals surface area contributed by atoms with E-state index in [0.29, 0.717) is 12.1 Å². The molecule has 0 spiro atoms. The van der Waals surface area contributed by atoms with E-state index >= 15 is 0 Å². The molecule has 2 heteroatoms. The van der Waals surface area contributed by atoms with Gasteiger partial charge in [0.2, 0.25) is 0 Å². The van der Waals surface area contributed by atoms with Gasteiger partial charge in [0.05, 0.1) is 0 Å². The van der Waals surface area contributed by atoms with Crippen LogP contribution in [-0.2, 0) is 6.42 Å². The summed E-state index contributed by atoms with van der Waals surface area (Å²) < 4.78 is 0. The number of hydrogen-bond donors (Lipinski definition) is 2. The van der Waals surface area contributed by atoms with Crippen LogP contribution in [0.4, 0.5) is 0 Å². The predicted molar refractivity (Wildman–Crippen MR) is 90.6 cm³/mol. The van der Waals surface area contributed by atoms with Gasteiger partial charge in [0, 0.05) is 28.7 Å². The van der Waals surface area contributed by atoms with Gasteiger partial charge in [-0.1, -0.05) is 44.9 Å². The van der Waals surface area contributed by atoms with Crippen molar-refractivity contribution >= 4 is 10.9 Å². The summed E-state index contributed by atoms with van der Waals surface area (Å²) in [5, 5.41) is 5.33. The third-order valence-corrected chi connectivity index (χ3v) is 5.33. The Labute approximate surface area is 128 Å². The van der Waals surface area contributed by atoms with Crippen LogP contribution in [0.5, 0.6) is 0 Å². The number of aromatic nitrogens is 1. The molecule has 0 bridgehead atoms. The van der Waals surface area contributed by atoms with Crippen LogP contribution in [0.3, 0.4) is 0 Å². The van der Waals surface area contributed by atoms with Gasteiger partial charge in [-0.2, -0.15) is 0 Å². The number of aryl methyl sites for hydroxylation is 1. The minimum absolute atomic E-state index is 0.497. The number of para-hydroxylation sites is 1. The van der Waals surface area contributed by atoms with Crippen molar-refractivity contribution in [1.29, 1.82) is 0 Å². The van der Waals surface area contributed by atoms with E-state index in [9.17, 15) is 0 Å². The Bertz CT molecular complexity index is 595. The Morgan fingerprint density at radius 1 is 1.24 bits per heavy atom. The second kappa shape index (κ2) is 6.23. The molecule has 2 N–H and O–H groups in total. The van der Waals surface area contributed by atoms with Gasteiger partial charge < -0.3 is 10.3 Å². The lowest BCUT2D eigenvalue weighted by Gasteiger charge is -2.30. The van der Waals surface area contributed by atoms with Crippen LogP contribution >= 0.6 is 0 Å². The Balaban J connectivity index is 1.87. The Morgan fingerprint density at radius 2 is 2.00 bits per heavy atom. The van der Waals surface area contributed by atoms with E-state index < -0.39 is 0 Å². The zero-order valence-electron chi connectivity index (χ0n) is 13.6. The SMILES string of the molecule is CCC(CC)C(C)NC1CCCc2c1[nH]c1ccccc21. The molecule has 1 aliphatic carbocycles. The number of nitrogens with one attached hydrogen (secondary N) is 2. The highest BCUT2D eigenvalue weighted by Crippen LogP contribution is 2.35. The predicted octanol–water partition coefficient (Wildman–Crippen LogP) is 4.96. The van der Waals surface area contributed by atoms with Crippen molar-refractivity contribution in [2.45, 2.75) is 65.0 Å². The largest absolute Gasteiger partial charge is 0.357 e. The molecule has 21 heavy (non-hydrogen) atoms. The maximum Gasteiger partial charge on any atom is 0.0478 e. The molecule has 0 saturated heterocycles. The van der Waals surface area contributed by atoms with Gasteiger partial charge in [-0.05, 0) is 43.7 Å². The normalized spacial score (nSPS) is 19.9. The number of hydrogen-bond acceptors (Lipinski definition) is 1. The average molecular weight is 284 g/mol. The number of benzene rings is 1. The van der Waals surface area contributed by atoms with Crippen molar-refractivity contribution < 1.29 is 0 Å². The van der Waals surface area contributed by atoms with Gasteiger partial charge in [-0.25, -0.2) is 0 Å². The molecule has 0 fully saturated rings. The van der Waals surface area contributed by atoms with E-state index in [2.05, 4.69) is 55.3 Å². The van der Waals surface area contributed by atoms with Crippen LogP contribution in [0.1, 0.15) is 63.8 Å². The second-order valence-corrected chi connectivity index (χ2v) is 6.54. The van der Waals surface area contributed by atoms with E-state index in [1.54, 1.807) is 5.56 Å². The fourth-order valence-electron chi connectivity index (χ4n) is 4.03. The highest BCUT2D eigenvalue weighted by molar-refractivity contribution is 5.85. The molecule has 3 rings (SSSR count). The van der Waals surface area contributed by atoms with Gasteiger partial charge in [-0.15, -0.1) is 0 Å². The van der Waals surface area contributed by atoms with Gasteiger partial charge in [-0.3, -0.25) is 0 Å². The van der Waals surface area contributed by atoms with E-state index in [1.165, 1.54) is 48.7 Å². The lowest BCUT2D eigenvalue weighted by Crippen LogP contribution is -2.37. The van der Waals surface area contributed by atoms with E-state index in [1.807, 2.05) is 0 Å². The van der Waals surface area contributed by atoms with E-state index in [-0.39, 0.29) is 0 Å². The number of fused-ring (bicyclic) bond motifs is 3. The van der Waals surface area contributed by atoms with Crippen molar-refractivity contribution in [3.63, 3.8) is 0 Å². The van der Waals surface area contributed by atoms with E-state index in [4.69, 9.17) is 0 Å². The molecule has 1 aliphatic rings. The summed E-state index contributed by atoms with van der Waals surface area (Å²) in [7, 11) is 0. The van der Waals surface area contributed by atoms with Crippen molar-refractivity contribution in [1.82, 2.24) is 10.3 Å². The second-order valence-electron chi connectivity index (χ2n) is 6.54. The fraction of sp³-hybridized carbons (Fsp3) is 0.579. The Hall–Kier alpha value is -1.28. The van der Waals surface area contributed by atoms with Crippen molar-refractivity contribution in [3.8, 4) is 0 Å². The molecule has 1 aromatic carbocycles. The molecule has 0 saturated carbocycles. The molecule has 114 valence electrons. The first-order valence-electron chi connectivity index (χ1n) is 8.60. The lowest BCUT2D eigenvalue weighted by molar-refractivity contribution is 0.305. The summed E-state index contributed by atoms with van der Waals surface area (Å²) >= 11 is 0. The minimum atomic E-state index is 0.497. The Morgan fingerprint density at radius 3 is 2.76 bits per heavy atom. The van der Waals surface area contributed by atoms with Gasteiger partial charge in [0.1, 0.15) is 0 Å². The topological polar surface area (TPSA) is 27.8 Å². The molecule has 2 aromatic rings. The fourth-order valence-corrected chi connectivity index (χ4v) is 4.03. The van der Waals surface area contributed by atoms with Crippen LogP contribution in [0.25, 0.3) is 10.9 Å². The average Bonchev–Trinajstić information content (AvgIpc) is 2.88. The third-order valence-electron chi connectivity index (χ3n) is 5.33. The van der Waals surface area contributed by atoms with Crippen LogP contribution in [0.15, 0.2) is 24.3 Å². The summed E-state index contributed by atoms with van der Waals surface area (Å²) in [5.74, 6) is 0.778. The minimum Gasteiger partial charge on any atom is -0.357 e. The highest BCUT2D eigenvalue weighted by atomic mass is 15.0. The summed E-state index contributed by atoms with van der Waals surface area (Å²) in [6.45, 7) is 6.97. The summed E-state index contributed by atoms with van der Waals surface area (Å²) in [6.07, 6.45) is 6.29. The zero-order chi connectivity index (χ0) is 14.8. The maximum absolute atomic E-state index is 3.91. The molecule has 2 atom stereocenters. The first-order valence-corrected chi connectivity index (χ1v) is 8.60. The molecule has 0 radical (unpaired) electrons. The van der Waals surface area contributed by atoms with Crippen molar-refractivity contribution in [2.75, 3.05) is 0 Å². The molecular weight excluding hydrogens is 256 g/mol. The summed E-state index contributed by atoms with van der Waals surface area (Å²) in [5.41, 5.74) is 4.29. The van der Waals surface area contributed by atoms with Gasteiger partial charge in [0.15, 0.2) is 0 Å². The number of H-pyrrole nitrogens is 1. The van der Waals surface area contributed by atoms with Crippen molar-refractivity contribution in [2.24, 2.45) is 5.92 Å². The lowest BCUT2D eigenvalue weighted by atomic mass is 9.89. The standard InChI is InChI=1S/C19H28N2/c1-4-14(5-2)13(3)20-18-12-8-10-16-15-9-6-7-11-17(15)21-19(16)18/h6-7,9,11,13-14,18,20-21H,4-5,8,10,12H2,1-3H3. The first kappa shape index (κ1) is 14.6. The highest BCUT2D eigenvalue weighted by Gasteiger charge is 2.26. The molecule has 1 heterocycles. The van der Waals surface area contributed by atoms with Crippen molar-refractivity contribution in [3.05, 3.63) is 35.5 Å². The van der Waals surface area contributed by atoms with Crippen LogP contribution < -0.4 is 5.32 Å². The monoisotopic (exact) mass is 284 g/mol. The zero-order valence-corrected chi connectivity index (χ0v) is 13.6. The molecule has 2 unspecified atom stereocenters. The maximum atomic E-state index is 3.91. The van der Waals surface area contributed by atoms with Gasteiger partial charge >= 0.3 is 0 Å². The smallest absolute Gasteiger partial charge is 0.0478 e. The number of rotatable bonds is 5. The van der Waals surface area contributed by atoms with Crippen LogP contribution in [-0.4, -0.2) is 11.0 Å². The molecule has 1 aromatic heterocycles. The Kier molecular flexibility index (Phi) is 4.34. The molecular formula is C19H28N2. The molecule has 0 aliphatic heterocycles. The summed E-state index contributed by atoms with van der Waals surface area (Å²) in [4.78, 5) is 3.68. The summed E-state index contributed by atoms with van der Waals surface area (Å²) in [6, 6.07) is 9.82. The van der Waals surface area contributed by atoms with Gasteiger partial charge in [0.25, 0.3) is 0 Å². The first-order chi connectivity index (χ1) is 10.2. The van der Waals surface area contributed by atoms with Crippen LogP contribution in [0, 0.1) is 5.92 Å². The quantitative estimate of drug-likeness (QED) is 0.798. The van der Waals surface area contributed by atoms with E-state index in [0.717, 1.165) is 5.92 Å².